The first-order valence-corrected chi connectivity index (χ1v) is 10.9. The van der Waals surface area contributed by atoms with Crippen LogP contribution in [0.15, 0.2) is 24.7 Å². The molecule has 2 aliphatic rings. The second kappa shape index (κ2) is 6.93. The lowest BCUT2D eigenvalue weighted by atomic mass is 9.88. The number of ether oxygens (including phenoxy) is 1. The topological polar surface area (TPSA) is 124 Å². The summed E-state index contributed by atoms with van der Waals surface area (Å²) in [5.41, 5.74) is 8.41. The van der Waals surface area contributed by atoms with E-state index in [9.17, 15) is 9.90 Å². The van der Waals surface area contributed by atoms with Crippen LogP contribution in [0.5, 0.6) is 0 Å². The lowest BCUT2D eigenvalue weighted by Crippen LogP contribution is -2.51. The van der Waals surface area contributed by atoms with E-state index in [1.54, 1.807) is 26.5 Å². The highest BCUT2D eigenvalue weighted by Gasteiger charge is 2.62. The first-order chi connectivity index (χ1) is 15.1. The summed E-state index contributed by atoms with van der Waals surface area (Å²) in [7, 11) is 1.86. The molecular weight excluding hydrogens is 410 g/mol. The van der Waals surface area contributed by atoms with Crippen molar-refractivity contribution in [3.8, 4) is 11.1 Å². The van der Waals surface area contributed by atoms with Gasteiger partial charge in [-0.25, -0.2) is 9.78 Å². The van der Waals surface area contributed by atoms with Crippen LogP contribution in [0, 0.1) is 0 Å². The predicted molar refractivity (Wildman–Crippen MR) is 118 cm³/mol. The lowest BCUT2D eigenvalue weighted by Gasteiger charge is -2.40. The lowest BCUT2D eigenvalue weighted by molar-refractivity contribution is -0.00515. The standard InChI is InChI=1S/C22H29N7O3/c1-21(2,3)32-20(31)28-12-13(5-6-22(28)8-17(22)30)16-7-18(23)29-19(26-16)15(10-25-29)14-9-24-27(4)11-14/h7,9-11,13,17,30H,5-6,8,12,23H2,1-4H3/t13-,17?,22?/m0/s1. The van der Waals surface area contributed by atoms with Gasteiger partial charge in [-0.05, 0) is 33.6 Å². The minimum atomic E-state index is -0.608. The number of carbonyl (C=O) groups excluding carboxylic acids is 1. The van der Waals surface area contributed by atoms with Gasteiger partial charge in [-0.3, -0.25) is 9.58 Å². The number of hydrogen-bond donors (Lipinski definition) is 2. The van der Waals surface area contributed by atoms with E-state index in [-0.39, 0.29) is 5.92 Å². The van der Waals surface area contributed by atoms with E-state index < -0.39 is 23.3 Å². The number of aliphatic hydroxyl groups excluding tert-OH is 1. The molecule has 3 atom stereocenters. The third-order valence-corrected chi connectivity index (χ3v) is 6.44. The van der Waals surface area contributed by atoms with Crippen molar-refractivity contribution in [2.75, 3.05) is 12.3 Å². The molecule has 32 heavy (non-hydrogen) atoms. The summed E-state index contributed by atoms with van der Waals surface area (Å²) in [6.45, 7) is 5.96. The van der Waals surface area contributed by atoms with Crippen LogP contribution in [0.25, 0.3) is 16.8 Å². The average molecular weight is 440 g/mol. The molecule has 2 fully saturated rings. The molecule has 2 unspecified atom stereocenters. The van der Waals surface area contributed by atoms with Crippen molar-refractivity contribution in [3.05, 3.63) is 30.4 Å². The van der Waals surface area contributed by atoms with Crippen molar-refractivity contribution in [2.24, 2.45) is 7.05 Å². The number of piperidine rings is 1. The first kappa shape index (κ1) is 20.7. The van der Waals surface area contributed by atoms with Gasteiger partial charge in [0.1, 0.15) is 11.4 Å². The van der Waals surface area contributed by atoms with Gasteiger partial charge in [0.25, 0.3) is 0 Å². The van der Waals surface area contributed by atoms with Gasteiger partial charge in [-0.2, -0.15) is 14.7 Å². The summed E-state index contributed by atoms with van der Waals surface area (Å²) in [6.07, 6.45) is 6.59. The van der Waals surface area contributed by atoms with Crippen molar-refractivity contribution in [2.45, 2.75) is 63.2 Å². The zero-order chi connectivity index (χ0) is 22.8. The Morgan fingerprint density at radius 1 is 1.31 bits per heavy atom. The minimum absolute atomic E-state index is 0.0232. The van der Waals surface area contributed by atoms with E-state index in [4.69, 9.17) is 15.5 Å². The number of hydrogen-bond acceptors (Lipinski definition) is 7. The summed E-state index contributed by atoms with van der Waals surface area (Å²) < 4.78 is 9.00. The van der Waals surface area contributed by atoms with Crippen LogP contribution in [-0.2, 0) is 11.8 Å². The van der Waals surface area contributed by atoms with Gasteiger partial charge in [0.05, 0.1) is 29.7 Å². The molecule has 1 aliphatic heterocycles. The van der Waals surface area contributed by atoms with Gasteiger partial charge >= 0.3 is 6.09 Å². The second-order valence-electron chi connectivity index (χ2n) is 9.95. The van der Waals surface area contributed by atoms with E-state index in [1.807, 2.05) is 40.1 Å². The molecule has 1 spiro atoms. The molecule has 3 aromatic rings. The average Bonchev–Trinajstić information content (AvgIpc) is 3.06. The van der Waals surface area contributed by atoms with Crippen LogP contribution in [-0.4, -0.2) is 64.3 Å². The molecule has 0 bridgehead atoms. The summed E-state index contributed by atoms with van der Waals surface area (Å²) >= 11 is 0. The molecule has 3 aromatic heterocycles. The van der Waals surface area contributed by atoms with Gasteiger partial charge in [-0.15, -0.1) is 0 Å². The largest absolute Gasteiger partial charge is 0.444 e. The SMILES string of the molecule is Cn1cc(-c2cnn3c(N)cc([C@H]4CCC5(CC5O)N(C(=O)OC(C)(C)C)C4)nc23)cn1. The Bertz CT molecular complexity index is 1190. The van der Waals surface area contributed by atoms with Gasteiger partial charge in [0.2, 0.25) is 0 Å². The Kier molecular flexibility index (Phi) is 4.49. The number of carbonyl (C=O) groups is 1. The smallest absolute Gasteiger partial charge is 0.410 e. The summed E-state index contributed by atoms with van der Waals surface area (Å²) in [5.74, 6) is 0.459. The Hall–Kier alpha value is -3.14. The molecule has 1 amide bonds. The van der Waals surface area contributed by atoms with Crippen molar-refractivity contribution in [3.63, 3.8) is 0 Å². The van der Waals surface area contributed by atoms with Crippen LogP contribution in [0.1, 0.15) is 51.6 Å². The Balaban J connectivity index is 1.49. The molecule has 1 saturated carbocycles. The van der Waals surface area contributed by atoms with Crippen molar-refractivity contribution in [1.29, 1.82) is 0 Å². The van der Waals surface area contributed by atoms with Gasteiger partial charge in [0, 0.05) is 49.3 Å². The molecule has 1 saturated heterocycles. The van der Waals surface area contributed by atoms with Crippen LogP contribution in [0.4, 0.5) is 10.6 Å². The summed E-state index contributed by atoms with van der Waals surface area (Å²) in [6, 6.07) is 1.83. The van der Waals surface area contributed by atoms with Crippen molar-refractivity contribution >= 4 is 17.6 Å². The van der Waals surface area contributed by atoms with Gasteiger partial charge in [0.15, 0.2) is 5.65 Å². The quantitative estimate of drug-likeness (QED) is 0.628. The molecule has 4 heterocycles. The third kappa shape index (κ3) is 3.38. The van der Waals surface area contributed by atoms with E-state index in [1.165, 1.54) is 0 Å². The number of nitrogens with two attached hydrogens (primary N) is 1. The molecule has 1 aliphatic carbocycles. The number of aryl methyl sites for hydroxylation is 1. The fourth-order valence-electron chi connectivity index (χ4n) is 4.68. The highest BCUT2D eigenvalue weighted by Crippen LogP contribution is 2.51. The zero-order valence-electron chi connectivity index (χ0n) is 18.8. The molecule has 5 rings (SSSR count). The number of nitrogens with zero attached hydrogens (tertiary/aromatic N) is 6. The highest BCUT2D eigenvalue weighted by atomic mass is 16.6. The van der Waals surface area contributed by atoms with Gasteiger partial charge < -0.3 is 15.6 Å². The zero-order valence-corrected chi connectivity index (χ0v) is 18.8. The number of aliphatic hydroxyl groups is 1. The Labute approximate surface area is 186 Å². The maximum atomic E-state index is 13.0. The van der Waals surface area contributed by atoms with E-state index in [0.717, 1.165) is 23.2 Å². The van der Waals surface area contributed by atoms with Crippen molar-refractivity contribution < 1.29 is 14.6 Å². The van der Waals surface area contributed by atoms with E-state index in [0.29, 0.717) is 30.9 Å². The molecule has 0 radical (unpaired) electrons. The molecule has 3 N–H and O–H groups in total. The Morgan fingerprint density at radius 3 is 2.69 bits per heavy atom. The number of aromatic nitrogens is 5. The number of anilines is 1. The Morgan fingerprint density at radius 2 is 2.06 bits per heavy atom. The second-order valence-corrected chi connectivity index (χ2v) is 9.95. The minimum Gasteiger partial charge on any atom is -0.444 e. The van der Waals surface area contributed by atoms with Gasteiger partial charge in [-0.1, -0.05) is 0 Å². The normalized spacial score (nSPS) is 25.5. The first-order valence-electron chi connectivity index (χ1n) is 10.9. The van der Waals surface area contributed by atoms with E-state index >= 15 is 0 Å². The number of nitrogen functional groups attached to an aromatic ring is 1. The molecular formula is C22H29N7O3. The van der Waals surface area contributed by atoms with Crippen LogP contribution < -0.4 is 5.73 Å². The third-order valence-electron chi connectivity index (χ3n) is 6.44. The van der Waals surface area contributed by atoms with Crippen LogP contribution in [0.3, 0.4) is 0 Å². The highest BCUT2D eigenvalue weighted by molar-refractivity contribution is 5.77. The molecule has 0 aromatic carbocycles. The van der Waals surface area contributed by atoms with Crippen LogP contribution >= 0.6 is 0 Å². The number of fused-ring (bicyclic) bond motifs is 1. The maximum absolute atomic E-state index is 13.0. The molecule has 10 nitrogen and oxygen atoms in total. The fourth-order valence-corrected chi connectivity index (χ4v) is 4.68. The number of rotatable bonds is 2. The monoisotopic (exact) mass is 439 g/mol. The molecule has 170 valence electrons. The summed E-state index contributed by atoms with van der Waals surface area (Å²) in [5, 5.41) is 19.0. The maximum Gasteiger partial charge on any atom is 0.410 e. The fraction of sp³-hybridized carbons (Fsp3) is 0.545. The summed E-state index contributed by atoms with van der Waals surface area (Å²) in [4.78, 5) is 19.6. The number of amides is 1. The number of likely N-dealkylation sites (tertiary alicyclic amines) is 1. The van der Waals surface area contributed by atoms with Crippen molar-refractivity contribution in [1.82, 2.24) is 29.3 Å². The van der Waals surface area contributed by atoms with Crippen LogP contribution in [0.2, 0.25) is 0 Å². The predicted octanol–water partition coefficient (Wildman–Crippen LogP) is 2.33. The molecule has 10 heteroatoms. The van der Waals surface area contributed by atoms with E-state index in [2.05, 4.69) is 10.2 Å².